The minimum atomic E-state index is -0.0500. The lowest BCUT2D eigenvalue weighted by atomic mass is 9.97. The maximum absolute atomic E-state index is 13.0. The highest BCUT2D eigenvalue weighted by Crippen LogP contribution is 2.34. The van der Waals surface area contributed by atoms with Crippen LogP contribution in [0.2, 0.25) is 0 Å². The number of fused-ring (bicyclic) bond motifs is 1. The van der Waals surface area contributed by atoms with Crippen molar-refractivity contribution in [3.8, 4) is 11.4 Å². The minimum absolute atomic E-state index is 0.0500. The molecule has 1 aliphatic rings. The molecule has 0 spiro atoms. The fraction of sp³-hybridized carbons (Fsp3) is 0.370. The molecule has 1 fully saturated rings. The highest BCUT2D eigenvalue weighted by molar-refractivity contribution is 7.22. The molecule has 1 saturated heterocycles. The van der Waals surface area contributed by atoms with Crippen LogP contribution < -0.4 is 15.0 Å². The summed E-state index contributed by atoms with van der Waals surface area (Å²) in [6.07, 6.45) is 2.01. The third-order valence-corrected chi connectivity index (χ3v) is 7.42. The Kier molecular flexibility index (Phi) is 6.72. The summed E-state index contributed by atoms with van der Waals surface area (Å²) in [6.45, 7) is 8.15. The van der Waals surface area contributed by atoms with Crippen LogP contribution in [-0.2, 0) is 11.3 Å². The van der Waals surface area contributed by atoms with Gasteiger partial charge in [-0.25, -0.2) is 4.68 Å². The van der Waals surface area contributed by atoms with Gasteiger partial charge < -0.3 is 15.0 Å². The molecule has 2 aromatic carbocycles. The first-order chi connectivity index (χ1) is 17.0. The number of thiazole rings is 1. The normalized spacial score (nSPS) is 16.1. The Hall–Kier alpha value is -3.39. The number of benzene rings is 2. The molecule has 0 saturated carbocycles. The lowest BCUT2D eigenvalue weighted by Crippen LogP contribution is -2.43. The van der Waals surface area contributed by atoms with Crippen LogP contribution in [0.1, 0.15) is 37.9 Å². The second-order valence-electron chi connectivity index (χ2n) is 9.30. The third-order valence-electron chi connectivity index (χ3n) is 6.20. The van der Waals surface area contributed by atoms with Crippen LogP contribution in [0, 0.1) is 12.8 Å². The standard InChI is InChI=1S/C27H31N5O2S/c1-18(2)34-23-13-11-20(12-14-23)16-28-26(33)21-8-7-15-31(17-21)27-29-25-24(35-27)19(3)30-32(25)22-9-5-4-6-10-22/h4-6,9-14,18,21H,7-8,15-17H2,1-3H3,(H,28,33)/t21-/m0/s1. The van der Waals surface area contributed by atoms with Crippen LogP contribution in [0.4, 0.5) is 5.13 Å². The highest BCUT2D eigenvalue weighted by Gasteiger charge is 2.28. The molecule has 2 aromatic heterocycles. The molecule has 1 N–H and O–H groups in total. The first-order valence-electron chi connectivity index (χ1n) is 12.2. The van der Waals surface area contributed by atoms with Crippen LogP contribution in [0.15, 0.2) is 54.6 Å². The second kappa shape index (κ2) is 10.1. The molecule has 1 atom stereocenters. The van der Waals surface area contributed by atoms with Gasteiger partial charge in [-0.15, -0.1) is 0 Å². The number of carbonyl (C=O) groups is 1. The topological polar surface area (TPSA) is 72.3 Å². The smallest absolute Gasteiger partial charge is 0.225 e. The summed E-state index contributed by atoms with van der Waals surface area (Å²) in [5, 5.41) is 8.78. The van der Waals surface area contributed by atoms with Crippen molar-refractivity contribution in [2.45, 2.75) is 46.3 Å². The Morgan fingerprint density at radius 1 is 1.17 bits per heavy atom. The largest absolute Gasteiger partial charge is 0.491 e. The van der Waals surface area contributed by atoms with Gasteiger partial charge in [0, 0.05) is 19.6 Å². The highest BCUT2D eigenvalue weighted by atomic mass is 32.1. The predicted octanol–water partition coefficient (Wildman–Crippen LogP) is 5.11. The van der Waals surface area contributed by atoms with Gasteiger partial charge in [-0.05, 0) is 63.4 Å². The Morgan fingerprint density at radius 3 is 2.69 bits per heavy atom. The first-order valence-corrected chi connectivity index (χ1v) is 13.0. The Morgan fingerprint density at radius 2 is 1.94 bits per heavy atom. The molecule has 0 radical (unpaired) electrons. The zero-order valence-electron chi connectivity index (χ0n) is 20.4. The lowest BCUT2D eigenvalue weighted by Gasteiger charge is -2.31. The van der Waals surface area contributed by atoms with Crippen molar-refractivity contribution in [3.63, 3.8) is 0 Å². The van der Waals surface area contributed by atoms with E-state index in [0.717, 1.165) is 57.6 Å². The van der Waals surface area contributed by atoms with Gasteiger partial charge >= 0.3 is 0 Å². The van der Waals surface area contributed by atoms with Crippen molar-refractivity contribution in [2.75, 3.05) is 18.0 Å². The Bertz CT molecular complexity index is 1300. The van der Waals surface area contributed by atoms with Crippen molar-refractivity contribution in [1.29, 1.82) is 0 Å². The van der Waals surface area contributed by atoms with Gasteiger partial charge in [0.2, 0.25) is 5.91 Å². The van der Waals surface area contributed by atoms with Crippen molar-refractivity contribution in [3.05, 3.63) is 65.9 Å². The molecular weight excluding hydrogens is 458 g/mol. The second-order valence-corrected chi connectivity index (χ2v) is 10.3. The Labute approximate surface area is 209 Å². The van der Waals surface area contributed by atoms with E-state index >= 15 is 0 Å². The molecule has 1 amide bonds. The van der Waals surface area contributed by atoms with Crippen molar-refractivity contribution in [2.24, 2.45) is 5.92 Å². The number of hydrogen-bond donors (Lipinski definition) is 1. The van der Waals surface area contributed by atoms with Gasteiger partial charge in [0.15, 0.2) is 10.8 Å². The maximum atomic E-state index is 13.0. The molecule has 0 unspecified atom stereocenters. The molecule has 1 aliphatic heterocycles. The number of hydrogen-bond acceptors (Lipinski definition) is 6. The monoisotopic (exact) mass is 489 g/mol. The fourth-order valence-electron chi connectivity index (χ4n) is 4.46. The van der Waals surface area contributed by atoms with Crippen LogP contribution >= 0.6 is 11.3 Å². The Balaban J connectivity index is 1.24. The molecule has 8 heteroatoms. The summed E-state index contributed by atoms with van der Waals surface area (Å²) in [6, 6.07) is 18.0. The van der Waals surface area contributed by atoms with Crippen LogP contribution in [0.5, 0.6) is 5.75 Å². The van der Waals surface area contributed by atoms with Gasteiger partial charge in [-0.3, -0.25) is 4.79 Å². The van der Waals surface area contributed by atoms with E-state index < -0.39 is 0 Å². The number of para-hydroxylation sites is 1. The number of amides is 1. The molecule has 5 rings (SSSR count). The number of aromatic nitrogens is 3. The van der Waals surface area contributed by atoms with Gasteiger partial charge in [0.25, 0.3) is 0 Å². The van der Waals surface area contributed by atoms with Crippen LogP contribution in [-0.4, -0.2) is 39.9 Å². The summed E-state index contributed by atoms with van der Waals surface area (Å²) >= 11 is 1.66. The molecule has 0 bridgehead atoms. The van der Waals surface area contributed by atoms with E-state index in [0.29, 0.717) is 13.1 Å². The summed E-state index contributed by atoms with van der Waals surface area (Å²) in [5.41, 5.74) is 3.92. The molecule has 7 nitrogen and oxygen atoms in total. The fourth-order valence-corrected chi connectivity index (χ4v) is 5.49. The van der Waals surface area contributed by atoms with Crippen molar-refractivity contribution >= 4 is 32.7 Å². The SMILES string of the molecule is Cc1nn(-c2ccccc2)c2nc(N3CCC[C@H](C(=O)NCc4ccc(OC(C)C)cc4)C3)sc12. The van der Waals surface area contributed by atoms with E-state index in [4.69, 9.17) is 14.8 Å². The third kappa shape index (κ3) is 5.17. The van der Waals surface area contributed by atoms with E-state index in [1.54, 1.807) is 11.3 Å². The number of ether oxygens (including phenoxy) is 1. The average molecular weight is 490 g/mol. The first kappa shape index (κ1) is 23.4. The van der Waals surface area contributed by atoms with Crippen LogP contribution in [0.3, 0.4) is 0 Å². The lowest BCUT2D eigenvalue weighted by molar-refractivity contribution is -0.125. The summed E-state index contributed by atoms with van der Waals surface area (Å²) < 4.78 is 8.71. The molecule has 4 aromatic rings. The number of nitrogens with one attached hydrogen (secondary N) is 1. The number of aryl methyl sites for hydroxylation is 1. The van der Waals surface area contributed by atoms with Crippen LogP contribution in [0.25, 0.3) is 16.0 Å². The number of nitrogens with zero attached hydrogens (tertiary/aromatic N) is 4. The summed E-state index contributed by atoms with van der Waals surface area (Å²) in [5.74, 6) is 0.899. The quantitative estimate of drug-likeness (QED) is 0.391. The van der Waals surface area contributed by atoms with Gasteiger partial charge in [0.05, 0.1) is 28.1 Å². The van der Waals surface area contributed by atoms with Gasteiger partial charge in [-0.2, -0.15) is 10.1 Å². The molecule has 0 aliphatic carbocycles. The molecule has 182 valence electrons. The van der Waals surface area contributed by atoms with Crippen molar-refractivity contribution < 1.29 is 9.53 Å². The number of piperidine rings is 1. The minimum Gasteiger partial charge on any atom is -0.491 e. The van der Waals surface area contributed by atoms with Gasteiger partial charge in [0.1, 0.15) is 5.75 Å². The van der Waals surface area contributed by atoms with Crippen molar-refractivity contribution in [1.82, 2.24) is 20.1 Å². The zero-order chi connectivity index (χ0) is 24.4. The molecule has 3 heterocycles. The van der Waals surface area contributed by atoms with E-state index in [1.165, 1.54) is 0 Å². The van der Waals surface area contributed by atoms with E-state index in [2.05, 4.69) is 10.2 Å². The molecule has 35 heavy (non-hydrogen) atoms. The van der Waals surface area contributed by atoms with E-state index in [9.17, 15) is 4.79 Å². The predicted molar refractivity (Wildman–Crippen MR) is 140 cm³/mol. The molecular formula is C27H31N5O2S. The van der Waals surface area contributed by atoms with Gasteiger partial charge in [-0.1, -0.05) is 41.7 Å². The number of anilines is 1. The van der Waals surface area contributed by atoms with E-state index in [-0.39, 0.29) is 17.9 Å². The summed E-state index contributed by atoms with van der Waals surface area (Å²) in [4.78, 5) is 20.2. The zero-order valence-corrected chi connectivity index (χ0v) is 21.2. The average Bonchev–Trinajstić information content (AvgIpc) is 3.44. The number of rotatable bonds is 7. The maximum Gasteiger partial charge on any atom is 0.225 e. The van der Waals surface area contributed by atoms with E-state index in [1.807, 2.05) is 80.1 Å². The number of carbonyl (C=O) groups excluding carboxylic acids is 1. The summed E-state index contributed by atoms with van der Waals surface area (Å²) in [7, 11) is 0.